The van der Waals surface area contributed by atoms with E-state index in [-0.39, 0.29) is 11.9 Å². The van der Waals surface area contributed by atoms with Gasteiger partial charge in [0.15, 0.2) is 0 Å². The van der Waals surface area contributed by atoms with E-state index in [1.54, 1.807) is 15.8 Å². The maximum Gasteiger partial charge on any atom is 0.410 e. The summed E-state index contributed by atoms with van der Waals surface area (Å²) in [6, 6.07) is 1.31. The van der Waals surface area contributed by atoms with Gasteiger partial charge in [0.05, 0.1) is 6.54 Å². The monoisotopic (exact) mass is 336 g/mol. The molecule has 7 heteroatoms. The highest BCUT2D eigenvalue weighted by Gasteiger charge is 2.35. The van der Waals surface area contributed by atoms with Gasteiger partial charge < -0.3 is 10.1 Å². The molecule has 2 atom stereocenters. The molecule has 0 unspecified atom stereocenters. The van der Waals surface area contributed by atoms with E-state index in [4.69, 9.17) is 4.74 Å². The van der Waals surface area contributed by atoms with Crippen LogP contribution in [0, 0.1) is 0 Å². The van der Waals surface area contributed by atoms with E-state index in [2.05, 4.69) is 10.4 Å². The number of nitrogens with one attached hydrogen (secondary N) is 1. The van der Waals surface area contributed by atoms with Crippen LogP contribution in [0.2, 0.25) is 0 Å². The number of hydrogen-bond acceptors (Lipinski definition) is 4. The molecule has 1 aliphatic heterocycles. The van der Waals surface area contributed by atoms with Gasteiger partial charge in [-0.15, -0.1) is 0 Å². The van der Waals surface area contributed by atoms with Crippen molar-refractivity contribution >= 4 is 12.0 Å². The molecule has 134 valence electrons. The van der Waals surface area contributed by atoms with Crippen LogP contribution in [-0.4, -0.2) is 50.9 Å². The first-order chi connectivity index (χ1) is 11.3. The van der Waals surface area contributed by atoms with Crippen LogP contribution in [0.15, 0.2) is 18.5 Å². The highest BCUT2D eigenvalue weighted by atomic mass is 16.6. The number of ether oxygens (including phenoxy) is 1. The predicted octanol–water partition coefficient (Wildman–Crippen LogP) is 2.18. The smallest absolute Gasteiger partial charge is 0.410 e. The van der Waals surface area contributed by atoms with Gasteiger partial charge in [-0.05, 0) is 53.0 Å². The van der Waals surface area contributed by atoms with Crippen LogP contribution in [-0.2, 0) is 16.1 Å². The van der Waals surface area contributed by atoms with Gasteiger partial charge in [0.1, 0.15) is 11.6 Å². The van der Waals surface area contributed by atoms with Crippen LogP contribution in [0.25, 0.3) is 0 Å². The normalized spacial score (nSPS) is 19.7. The Hall–Kier alpha value is -2.05. The van der Waals surface area contributed by atoms with Gasteiger partial charge >= 0.3 is 6.09 Å². The van der Waals surface area contributed by atoms with Crippen molar-refractivity contribution in [1.29, 1.82) is 0 Å². The topological polar surface area (TPSA) is 76.5 Å². The summed E-state index contributed by atoms with van der Waals surface area (Å²) in [6.45, 7) is 8.57. The van der Waals surface area contributed by atoms with Gasteiger partial charge in [-0.1, -0.05) is 0 Å². The highest BCUT2D eigenvalue weighted by molar-refractivity contribution is 5.86. The summed E-state index contributed by atoms with van der Waals surface area (Å²) in [4.78, 5) is 26.6. The van der Waals surface area contributed by atoms with Crippen molar-refractivity contribution in [1.82, 2.24) is 20.0 Å². The SMILES string of the molecule is C[C@H](Cn1cccn1)NC(=O)[C@H]1CCCCN1C(=O)OC(C)(C)C. The molecule has 0 bridgehead atoms. The van der Waals surface area contributed by atoms with Crippen LogP contribution in [0.3, 0.4) is 0 Å². The van der Waals surface area contributed by atoms with Gasteiger partial charge in [-0.3, -0.25) is 14.4 Å². The first-order valence-electron chi connectivity index (χ1n) is 8.54. The minimum absolute atomic E-state index is 0.0696. The van der Waals surface area contributed by atoms with E-state index in [1.165, 1.54) is 0 Å². The number of likely N-dealkylation sites (tertiary alicyclic amines) is 1. The second kappa shape index (κ2) is 7.68. The Bertz CT molecular complexity index is 551. The van der Waals surface area contributed by atoms with E-state index in [0.717, 1.165) is 12.8 Å². The molecule has 1 N–H and O–H groups in total. The van der Waals surface area contributed by atoms with E-state index >= 15 is 0 Å². The Balaban J connectivity index is 1.95. The molecule has 0 spiro atoms. The lowest BCUT2D eigenvalue weighted by Gasteiger charge is -2.36. The molecule has 1 aliphatic rings. The number of nitrogens with zero attached hydrogens (tertiary/aromatic N) is 3. The standard InChI is InChI=1S/C17H28N4O3/c1-13(12-20-10-7-9-18-20)19-15(22)14-8-5-6-11-21(14)16(23)24-17(2,3)4/h7,9-10,13-14H,5-6,8,11-12H2,1-4H3,(H,19,22)/t13-,14-/m1/s1. The predicted molar refractivity (Wildman–Crippen MR) is 90.4 cm³/mol. The Kier molecular flexibility index (Phi) is 5.85. The van der Waals surface area contributed by atoms with E-state index in [0.29, 0.717) is 19.5 Å². The van der Waals surface area contributed by atoms with Gasteiger partial charge in [0.25, 0.3) is 0 Å². The minimum Gasteiger partial charge on any atom is -0.444 e. The van der Waals surface area contributed by atoms with Crippen molar-refractivity contribution in [3.05, 3.63) is 18.5 Å². The van der Waals surface area contributed by atoms with Crippen molar-refractivity contribution in [2.75, 3.05) is 6.54 Å². The Morgan fingerprint density at radius 2 is 2.12 bits per heavy atom. The van der Waals surface area contributed by atoms with Crippen LogP contribution in [0.1, 0.15) is 47.0 Å². The zero-order valence-electron chi connectivity index (χ0n) is 15.0. The number of piperidine rings is 1. The molecular weight excluding hydrogens is 308 g/mol. The third-order valence-electron chi connectivity index (χ3n) is 3.84. The summed E-state index contributed by atoms with van der Waals surface area (Å²) in [5, 5.41) is 7.13. The van der Waals surface area contributed by atoms with E-state index < -0.39 is 17.7 Å². The van der Waals surface area contributed by atoms with Crippen molar-refractivity contribution < 1.29 is 14.3 Å². The number of rotatable bonds is 4. The maximum atomic E-state index is 12.6. The molecule has 24 heavy (non-hydrogen) atoms. The second-order valence-corrected chi connectivity index (χ2v) is 7.32. The van der Waals surface area contributed by atoms with Gasteiger partial charge in [0.2, 0.25) is 5.91 Å². The summed E-state index contributed by atoms with van der Waals surface area (Å²) in [6.07, 6.45) is 5.65. The summed E-state index contributed by atoms with van der Waals surface area (Å²) in [5.41, 5.74) is -0.567. The largest absolute Gasteiger partial charge is 0.444 e. The quantitative estimate of drug-likeness (QED) is 0.914. The lowest BCUT2D eigenvalue weighted by molar-refractivity contribution is -0.128. The molecule has 1 aromatic rings. The Morgan fingerprint density at radius 1 is 1.38 bits per heavy atom. The second-order valence-electron chi connectivity index (χ2n) is 7.32. The van der Waals surface area contributed by atoms with Crippen molar-refractivity contribution in [2.24, 2.45) is 0 Å². The summed E-state index contributed by atoms with van der Waals surface area (Å²) >= 11 is 0. The zero-order chi connectivity index (χ0) is 17.7. The number of aromatic nitrogens is 2. The first-order valence-corrected chi connectivity index (χ1v) is 8.54. The fourth-order valence-corrected chi connectivity index (χ4v) is 2.82. The molecule has 0 saturated carbocycles. The molecular formula is C17H28N4O3. The third-order valence-corrected chi connectivity index (χ3v) is 3.84. The molecule has 1 aromatic heterocycles. The molecule has 2 heterocycles. The Morgan fingerprint density at radius 3 is 2.75 bits per heavy atom. The van der Waals surface area contributed by atoms with Gasteiger partial charge in [-0.2, -0.15) is 5.10 Å². The average Bonchev–Trinajstić information content (AvgIpc) is 2.98. The van der Waals surface area contributed by atoms with Gasteiger partial charge in [0, 0.05) is 25.0 Å². The molecule has 2 rings (SSSR count). The fourth-order valence-electron chi connectivity index (χ4n) is 2.82. The van der Waals surface area contributed by atoms with Gasteiger partial charge in [-0.25, -0.2) is 4.79 Å². The van der Waals surface area contributed by atoms with Crippen LogP contribution < -0.4 is 5.32 Å². The van der Waals surface area contributed by atoms with Crippen LogP contribution >= 0.6 is 0 Å². The number of hydrogen-bond donors (Lipinski definition) is 1. The van der Waals surface area contributed by atoms with Crippen LogP contribution in [0.4, 0.5) is 4.79 Å². The zero-order valence-corrected chi connectivity index (χ0v) is 15.0. The molecule has 2 amide bonds. The van der Waals surface area contributed by atoms with E-state index in [9.17, 15) is 9.59 Å². The van der Waals surface area contributed by atoms with E-state index in [1.807, 2.05) is 40.0 Å². The van der Waals surface area contributed by atoms with Crippen molar-refractivity contribution in [3.63, 3.8) is 0 Å². The summed E-state index contributed by atoms with van der Waals surface area (Å²) in [7, 11) is 0. The van der Waals surface area contributed by atoms with Crippen molar-refractivity contribution in [2.45, 2.75) is 71.2 Å². The first kappa shape index (κ1) is 18.3. The lowest BCUT2D eigenvalue weighted by Crippen LogP contribution is -2.54. The average molecular weight is 336 g/mol. The molecule has 0 aliphatic carbocycles. The number of amides is 2. The molecule has 0 radical (unpaired) electrons. The fraction of sp³-hybridized carbons (Fsp3) is 0.706. The number of carbonyl (C=O) groups is 2. The lowest BCUT2D eigenvalue weighted by atomic mass is 10.0. The highest BCUT2D eigenvalue weighted by Crippen LogP contribution is 2.20. The minimum atomic E-state index is -0.567. The summed E-state index contributed by atoms with van der Waals surface area (Å²) in [5.74, 6) is -0.125. The molecule has 0 aromatic carbocycles. The third kappa shape index (κ3) is 5.25. The Labute approximate surface area is 143 Å². The maximum absolute atomic E-state index is 12.6. The van der Waals surface area contributed by atoms with Crippen molar-refractivity contribution in [3.8, 4) is 0 Å². The molecule has 1 saturated heterocycles. The summed E-state index contributed by atoms with van der Waals surface area (Å²) < 4.78 is 7.22. The molecule has 7 nitrogen and oxygen atoms in total. The van der Waals surface area contributed by atoms with Crippen LogP contribution in [0.5, 0.6) is 0 Å². The number of carbonyl (C=O) groups excluding carboxylic acids is 2. The molecule has 1 fully saturated rings.